The molecule has 4 heteroatoms. The number of para-hydroxylation sites is 2. The molecule has 0 amide bonds. The largest absolute Gasteiger partial charge is 0.457 e. The fraction of sp³-hybridized carbons (Fsp3) is 0. The maximum atomic E-state index is 5.80. The van der Waals surface area contributed by atoms with Crippen molar-refractivity contribution in [1.82, 2.24) is 4.98 Å². The third-order valence-electron chi connectivity index (χ3n) is 3.70. The van der Waals surface area contributed by atoms with Gasteiger partial charge in [0, 0.05) is 11.1 Å². The summed E-state index contributed by atoms with van der Waals surface area (Å²) in [5.74, 6) is 2.46. The lowest BCUT2D eigenvalue weighted by molar-refractivity contribution is 0.483. The van der Waals surface area contributed by atoms with Gasteiger partial charge in [-0.25, -0.2) is 4.98 Å². The molecular weight excluding hydrogens is 332 g/mol. The normalized spacial score (nSPS) is 10.1. The van der Waals surface area contributed by atoms with E-state index in [0.29, 0.717) is 0 Å². The first kappa shape index (κ1) is 16.8. The van der Waals surface area contributed by atoms with Crippen LogP contribution in [0.25, 0.3) is 10.9 Å². The predicted molar refractivity (Wildman–Crippen MR) is 105 cm³/mol. The van der Waals surface area contributed by atoms with Crippen LogP contribution in [0.4, 0.5) is 11.5 Å². The summed E-state index contributed by atoms with van der Waals surface area (Å²) in [4.78, 5) is 4.62. The smallest absolute Gasteiger partial charge is 0.131 e. The third-order valence-corrected chi connectivity index (χ3v) is 3.70. The number of hydrogen-bond acceptors (Lipinski definition) is 3. The Bertz CT molecular complexity index is 956. The minimum Gasteiger partial charge on any atom is -0.457 e. The second-order valence-electron chi connectivity index (χ2n) is 5.45. The van der Waals surface area contributed by atoms with Gasteiger partial charge in [0.1, 0.15) is 17.3 Å². The number of benzene rings is 3. The Hall–Kier alpha value is -3.04. The summed E-state index contributed by atoms with van der Waals surface area (Å²) in [6, 6.07) is 29.7. The van der Waals surface area contributed by atoms with E-state index in [-0.39, 0.29) is 12.4 Å². The topological polar surface area (TPSA) is 34.1 Å². The number of pyridine rings is 1. The molecule has 4 rings (SSSR count). The first-order valence-corrected chi connectivity index (χ1v) is 7.83. The Morgan fingerprint density at radius 3 is 2.12 bits per heavy atom. The molecule has 0 saturated heterocycles. The van der Waals surface area contributed by atoms with Gasteiger partial charge in [-0.1, -0.05) is 36.4 Å². The molecule has 0 saturated carbocycles. The number of aromatic nitrogens is 1. The van der Waals surface area contributed by atoms with Gasteiger partial charge in [0.05, 0.1) is 5.52 Å². The zero-order valence-electron chi connectivity index (χ0n) is 13.4. The van der Waals surface area contributed by atoms with Crippen LogP contribution < -0.4 is 10.1 Å². The van der Waals surface area contributed by atoms with E-state index < -0.39 is 0 Å². The highest BCUT2D eigenvalue weighted by Gasteiger charge is 2.00. The molecule has 0 aliphatic carbocycles. The van der Waals surface area contributed by atoms with Crippen LogP contribution in [0.15, 0.2) is 91.0 Å². The minimum absolute atomic E-state index is 0. The molecule has 1 heterocycles. The lowest BCUT2D eigenvalue weighted by atomic mass is 10.2. The molecule has 3 aromatic carbocycles. The van der Waals surface area contributed by atoms with Crippen LogP contribution in [0.1, 0.15) is 0 Å². The predicted octanol–water partition coefficient (Wildman–Crippen LogP) is 6.19. The van der Waals surface area contributed by atoms with E-state index in [0.717, 1.165) is 33.9 Å². The zero-order valence-corrected chi connectivity index (χ0v) is 14.2. The minimum atomic E-state index is 0. The average molecular weight is 349 g/mol. The summed E-state index contributed by atoms with van der Waals surface area (Å²) < 4.78 is 5.80. The molecule has 4 aromatic rings. The maximum absolute atomic E-state index is 5.80. The third kappa shape index (κ3) is 4.08. The van der Waals surface area contributed by atoms with E-state index >= 15 is 0 Å². The molecule has 0 fully saturated rings. The van der Waals surface area contributed by atoms with E-state index in [1.165, 1.54) is 0 Å². The lowest BCUT2D eigenvalue weighted by Crippen LogP contribution is -1.93. The van der Waals surface area contributed by atoms with Crippen LogP contribution in [0.3, 0.4) is 0 Å². The number of halogens is 1. The lowest BCUT2D eigenvalue weighted by Gasteiger charge is -2.09. The molecule has 0 aliphatic heterocycles. The quantitative estimate of drug-likeness (QED) is 0.477. The summed E-state index contributed by atoms with van der Waals surface area (Å²) in [5, 5.41) is 4.45. The molecule has 0 atom stereocenters. The van der Waals surface area contributed by atoms with Gasteiger partial charge >= 0.3 is 0 Å². The molecule has 0 radical (unpaired) electrons. The maximum Gasteiger partial charge on any atom is 0.131 e. The number of hydrogen-bond donors (Lipinski definition) is 1. The van der Waals surface area contributed by atoms with Crippen LogP contribution in [-0.4, -0.2) is 4.98 Å². The molecular formula is C21H17ClN2O. The highest BCUT2D eigenvalue weighted by atomic mass is 35.5. The second-order valence-corrected chi connectivity index (χ2v) is 5.45. The van der Waals surface area contributed by atoms with Gasteiger partial charge in [-0.05, 0) is 54.6 Å². The van der Waals surface area contributed by atoms with Gasteiger partial charge in [0.2, 0.25) is 0 Å². The Labute approximate surface area is 152 Å². The first-order valence-electron chi connectivity index (χ1n) is 7.83. The number of nitrogens with one attached hydrogen (secondary N) is 1. The van der Waals surface area contributed by atoms with Crippen molar-refractivity contribution >= 4 is 34.8 Å². The van der Waals surface area contributed by atoms with Gasteiger partial charge in [-0.2, -0.15) is 0 Å². The van der Waals surface area contributed by atoms with Crippen molar-refractivity contribution in [2.24, 2.45) is 0 Å². The number of fused-ring (bicyclic) bond motifs is 1. The fourth-order valence-electron chi connectivity index (χ4n) is 2.51. The molecule has 25 heavy (non-hydrogen) atoms. The Morgan fingerprint density at radius 1 is 0.640 bits per heavy atom. The number of nitrogens with zero attached hydrogens (tertiary/aromatic N) is 1. The summed E-state index contributed by atoms with van der Waals surface area (Å²) in [6.45, 7) is 0. The van der Waals surface area contributed by atoms with Gasteiger partial charge in [0.25, 0.3) is 0 Å². The monoisotopic (exact) mass is 348 g/mol. The summed E-state index contributed by atoms with van der Waals surface area (Å²) in [5.41, 5.74) is 1.95. The molecule has 0 unspecified atom stereocenters. The Morgan fingerprint density at radius 2 is 1.32 bits per heavy atom. The van der Waals surface area contributed by atoms with Crippen molar-refractivity contribution in [2.45, 2.75) is 0 Å². The molecule has 1 N–H and O–H groups in total. The highest BCUT2D eigenvalue weighted by molar-refractivity contribution is 5.85. The van der Waals surface area contributed by atoms with Crippen LogP contribution in [0.5, 0.6) is 11.5 Å². The van der Waals surface area contributed by atoms with Crippen molar-refractivity contribution < 1.29 is 4.74 Å². The SMILES string of the molecule is Cl.c1ccc(Oc2ccc(Nc3ccc4ccccc4n3)cc2)cc1. The van der Waals surface area contributed by atoms with Gasteiger partial charge in [0.15, 0.2) is 0 Å². The summed E-state index contributed by atoms with van der Waals surface area (Å²) >= 11 is 0. The zero-order chi connectivity index (χ0) is 16.2. The number of anilines is 2. The second kappa shape index (κ2) is 7.69. The summed E-state index contributed by atoms with van der Waals surface area (Å²) in [6.07, 6.45) is 0. The van der Waals surface area contributed by atoms with Crippen LogP contribution in [-0.2, 0) is 0 Å². The van der Waals surface area contributed by atoms with Crippen molar-refractivity contribution in [1.29, 1.82) is 0 Å². The van der Waals surface area contributed by atoms with Gasteiger partial charge < -0.3 is 10.1 Å². The molecule has 0 aliphatic rings. The Kier molecular flexibility index (Phi) is 5.17. The molecule has 124 valence electrons. The van der Waals surface area contributed by atoms with Gasteiger partial charge in [-0.3, -0.25) is 0 Å². The number of ether oxygens (including phenoxy) is 1. The Balaban J connectivity index is 0.00000182. The molecule has 0 spiro atoms. The molecule has 3 nitrogen and oxygen atoms in total. The van der Waals surface area contributed by atoms with Crippen molar-refractivity contribution in [2.75, 3.05) is 5.32 Å². The summed E-state index contributed by atoms with van der Waals surface area (Å²) in [7, 11) is 0. The van der Waals surface area contributed by atoms with Crippen LogP contribution >= 0.6 is 12.4 Å². The van der Waals surface area contributed by atoms with Crippen molar-refractivity contribution in [3.05, 3.63) is 91.0 Å². The van der Waals surface area contributed by atoms with Gasteiger partial charge in [-0.15, -0.1) is 12.4 Å². The van der Waals surface area contributed by atoms with E-state index in [9.17, 15) is 0 Å². The average Bonchev–Trinajstić information content (AvgIpc) is 2.64. The molecule has 0 bridgehead atoms. The number of rotatable bonds is 4. The standard InChI is InChI=1S/C21H16N2O.ClH/c1-2-7-18(8-3-1)24-19-13-11-17(12-14-19)22-21-15-10-16-6-4-5-9-20(16)23-21;/h1-15H,(H,22,23);1H. The van der Waals surface area contributed by atoms with Crippen LogP contribution in [0.2, 0.25) is 0 Å². The van der Waals surface area contributed by atoms with Crippen LogP contribution in [0, 0.1) is 0 Å². The fourth-order valence-corrected chi connectivity index (χ4v) is 2.51. The van der Waals surface area contributed by atoms with Crippen molar-refractivity contribution in [3.8, 4) is 11.5 Å². The van der Waals surface area contributed by atoms with Crippen molar-refractivity contribution in [3.63, 3.8) is 0 Å². The van der Waals surface area contributed by atoms with E-state index in [4.69, 9.17) is 4.74 Å². The first-order chi connectivity index (χ1) is 11.9. The van der Waals surface area contributed by atoms with E-state index in [2.05, 4.69) is 22.4 Å². The van der Waals surface area contributed by atoms with E-state index in [1.807, 2.05) is 78.9 Å². The highest BCUT2D eigenvalue weighted by Crippen LogP contribution is 2.24. The van der Waals surface area contributed by atoms with E-state index in [1.54, 1.807) is 0 Å². The molecule has 1 aromatic heterocycles.